The van der Waals surface area contributed by atoms with Crippen molar-refractivity contribution in [2.24, 2.45) is 11.8 Å². The molecule has 1 saturated heterocycles. The van der Waals surface area contributed by atoms with Gasteiger partial charge in [-0.3, -0.25) is 9.69 Å². The number of nitrogens with zero attached hydrogens (tertiary/aromatic N) is 4. The lowest BCUT2D eigenvalue weighted by atomic mass is 9.89. The zero-order chi connectivity index (χ0) is 20.5. The topological polar surface area (TPSA) is 63.1 Å². The van der Waals surface area contributed by atoms with E-state index >= 15 is 0 Å². The fourth-order valence-corrected chi connectivity index (χ4v) is 4.75. The molecule has 1 aromatic heterocycles. The van der Waals surface area contributed by atoms with Gasteiger partial charge in [-0.1, -0.05) is 54.1 Å². The van der Waals surface area contributed by atoms with E-state index < -0.39 is 0 Å². The monoisotopic (exact) mass is 421 g/mol. The first-order valence-electron chi connectivity index (χ1n) is 10.4. The van der Waals surface area contributed by atoms with Crippen LogP contribution in [-0.2, 0) is 26.1 Å². The molecule has 1 amide bonds. The van der Waals surface area contributed by atoms with Crippen LogP contribution in [-0.4, -0.2) is 38.7 Å². The summed E-state index contributed by atoms with van der Waals surface area (Å²) in [6.07, 6.45) is 0.876. The third-order valence-electron chi connectivity index (χ3n) is 6.16. The first kappa shape index (κ1) is 19.3. The average Bonchev–Trinajstić information content (AvgIpc) is 3.35. The standard InChI is InChI=1S/C23H24ClN5O/c24-20-8-6-17(7-9-20)12-28-13-18-10-21-26-27-22(29(21)15-19(18)14-28)23(30)25-11-16-4-2-1-3-5-16/h1-9,18-19H,10-15H2,(H,25,30). The molecule has 2 unspecified atom stereocenters. The number of hydrogen-bond acceptors (Lipinski definition) is 4. The maximum atomic E-state index is 12.7. The van der Waals surface area contributed by atoms with Gasteiger partial charge >= 0.3 is 0 Å². The van der Waals surface area contributed by atoms with E-state index in [0.717, 1.165) is 49.0 Å². The van der Waals surface area contributed by atoms with Crippen LogP contribution in [0.25, 0.3) is 0 Å². The molecule has 6 nitrogen and oxygen atoms in total. The number of carbonyl (C=O) groups excluding carboxylic acids is 1. The second-order valence-corrected chi connectivity index (χ2v) is 8.70. The second-order valence-electron chi connectivity index (χ2n) is 8.26. The van der Waals surface area contributed by atoms with Crippen molar-refractivity contribution in [1.29, 1.82) is 0 Å². The molecule has 2 aromatic carbocycles. The molecule has 0 saturated carbocycles. The molecule has 0 radical (unpaired) electrons. The van der Waals surface area contributed by atoms with Gasteiger partial charge in [0.2, 0.25) is 5.82 Å². The fraction of sp³-hybridized carbons (Fsp3) is 0.348. The van der Waals surface area contributed by atoms with Crippen molar-refractivity contribution in [3.8, 4) is 0 Å². The number of nitrogens with one attached hydrogen (secondary N) is 1. The number of likely N-dealkylation sites (tertiary alicyclic amines) is 1. The molecular weight excluding hydrogens is 398 g/mol. The summed E-state index contributed by atoms with van der Waals surface area (Å²) in [7, 11) is 0. The lowest BCUT2D eigenvalue weighted by Crippen LogP contribution is -2.32. The smallest absolute Gasteiger partial charge is 0.289 e. The minimum absolute atomic E-state index is 0.160. The Morgan fingerprint density at radius 2 is 1.73 bits per heavy atom. The molecule has 2 aliphatic rings. The molecule has 7 heteroatoms. The Balaban J connectivity index is 1.23. The number of amides is 1. The van der Waals surface area contributed by atoms with Crippen molar-refractivity contribution in [3.63, 3.8) is 0 Å². The van der Waals surface area contributed by atoms with Gasteiger partial charge in [-0.25, -0.2) is 0 Å². The predicted octanol–water partition coefficient (Wildman–Crippen LogP) is 3.17. The summed E-state index contributed by atoms with van der Waals surface area (Å²) in [6, 6.07) is 18.0. The number of fused-ring (bicyclic) bond motifs is 2. The van der Waals surface area contributed by atoms with Crippen molar-refractivity contribution in [2.45, 2.75) is 26.1 Å². The number of benzene rings is 2. The van der Waals surface area contributed by atoms with Crippen LogP contribution in [0, 0.1) is 11.8 Å². The Kier molecular flexibility index (Phi) is 5.27. The summed E-state index contributed by atoms with van der Waals surface area (Å²) in [5, 5.41) is 12.3. The maximum absolute atomic E-state index is 12.7. The SMILES string of the molecule is O=C(NCc1ccccc1)c1nnc2n1CC1CN(Cc3ccc(Cl)cc3)CC1C2. The van der Waals surface area contributed by atoms with Gasteiger partial charge in [-0.15, -0.1) is 10.2 Å². The Bertz CT molecular complexity index is 1030. The normalized spacial score (nSPS) is 20.6. The van der Waals surface area contributed by atoms with Gasteiger partial charge in [0.1, 0.15) is 5.82 Å². The third kappa shape index (κ3) is 3.98. The molecule has 30 heavy (non-hydrogen) atoms. The number of hydrogen-bond donors (Lipinski definition) is 1. The van der Waals surface area contributed by atoms with Crippen LogP contribution < -0.4 is 5.32 Å². The lowest BCUT2D eigenvalue weighted by molar-refractivity contribution is 0.0932. The summed E-state index contributed by atoms with van der Waals surface area (Å²) < 4.78 is 2.02. The van der Waals surface area contributed by atoms with Crippen molar-refractivity contribution in [1.82, 2.24) is 25.0 Å². The highest BCUT2D eigenvalue weighted by Gasteiger charge is 2.39. The van der Waals surface area contributed by atoms with Crippen molar-refractivity contribution in [2.75, 3.05) is 13.1 Å². The van der Waals surface area contributed by atoms with Crippen LogP contribution >= 0.6 is 11.6 Å². The molecule has 1 fully saturated rings. The number of carbonyl (C=O) groups is 1. The Hall–Kier alpha value is -2.70. The van der Waals surface area contributed by atoms with E-state index in [0.29, 0.717) is 24.2 Å². The molecule has 0 spiro atoms. The van der Waals surface area contributed by atoms with Crippen LogP contribution in [0.1, 0.15) is 27.6 Å². The zero-order valence-electron chi connectivity index (χ0n) is 16.7. The van der Waals surface area contributed by atoms with E-state index in [-0.39, 0.29) is 5.91 Å². The molecule has 0 aliphatic carbocycles. The quantitative estimate of drug-likeness (QED) is 0.687. The van der Waals surface area contributed by atoms with Crippen LogP contribution in [0.15, 0.2) is 54.6 Å². The number of halogens is 1. The average molecular weight is 422 g/mol. The molecular formula is C23H24ClN5O. The second kappa shape index (κ2) is 8.20. The fourth-order valence-electron chi connectivity index (χ4n) is 4.62. The summed E-state index contributed by atoms with van der Waals surface area (Å²) in [5.74, 6) is 2.27. The molecule has 154 valence electrons. The van der Waals surface area contributed by atoms with E-state index in [1.54, 1.807) is 0 Å². The highest BCUT2D eigenvalue weighted by atomic mass is 35.5. The lowest BCUT2D eigenvalue weighted by Gasteiger charge is -2.25. The van der Waals surface area contributed by atoms with Gasteiger partial charge in [-0.05, 0) is 35.1 Å². The van der Waals surface area contributed by atoms with Crippen LogP contribution in [0.2, 0.25) is 5.02 Å². The van der Waals surface area contributed by atoms with Crippen molar-refractivity contribution in [3.05, 3.63) is 82.4 Å². The van der Waals surface area contributed by atoms with Crippen LogP contribution in [0.3, 0.4) is 0 Å². The largest absolute Gasteiger partial charge is 0.345 e. The van der Waals surface area contributed by atoms with Crippen molar-refractivity contribution < 1.29 is 4.79 Å². The summed E-state index contributed by atoms with van der Waals surface area (Å²) in [5.41, 5.74) is 2.34. The summed E-state index contributed by atoms with van der Waals surface area (Å²) >= 11 is 6.00. The van der Waals surface area contributed by atoms with Gasteiger partial charge in [0, 0.05) is 44.2 Å². The molecule has 3 heterocycles. The molecule has 2 atom stereocenters. The maximum Gasteiger partial charge on any atom is 0.289 e. The summed E-state index contributed by atoms with van der Waals surface area (Å²) in [4.78, 5) is 15.2. The van der Waals surface area contributed by atoms with Crippen molar-refractivity contribution >= 4 is 17.5 Å². The molecule has 3 aromatic rings. The number of rotatable bonds is 5. The van der Waals surface area contributed by atoms with Gasteiger partial charge in [-0.2, -0.15) is 0 Å². The first-order chi connectivity index (χ1) is 14.7. The summed E-state index contributed by atoms with van der Waals surface area (Å²) in [6.45, 7) is 4.29. The van der Waals surface area contributed by atoms with Gasteiger partial charge in [0.25, 0.3) is 5.91 Å². The van der Waals surface area contributed by atoms with Gasteiger partial charge < -0.3 is 9.88 Å². The van der Waals surface area contributed by atoms with Gasteiger partial charge in [0.15, 0.2) is 0 Å². The van der Waals surface area contributed by atoms with Crippen LogP contribution in [0.4, 0.5) is 0 Å². The highest BCUT2D eigenvalue weighted by Crippen LogP contribution is 2.33. The number of aromatic nitrogens is 3. The van der Waals surface area contributed by atoms with E-state index in [1.807, 2.05) is 47.0 Å². The van der Waals surface area contributed by atoms with Crippen LogP contribution in [0.5, 0.6) is 0 Å². The van der Waals surface area contributed by atoms with E-state index in [2.05, 4.69) is 32.5 Å². The minimum atomic E-state index is -0.160. The first-order valence-corrected chi connectivity index (χ1v) is 10.7. The molecule has 5 rings (SSSR count). The minimum Gasteiger partial charge on any atom is -0.345 e. The Morgan fingerprint density at radius 3 is 2.53 bits per heavy atom. The van der Waals surface area contributed by atoms with E-state index in [4.69, 9.17) is 11.6 Å². The third-order valence-corrected chi connectivity index (χ3v) is 6.41. The molecule has 2 aliphatic heterocycles. The molecule has 0 bridgehead atoms. The highest BCUT2D eigenvalue weighted by molar-refractivity contribution is 6.30. The zero-order valence-corrected chi connectivity index (χ0v) is 17.4. The molecule has 1 N–H and O–H groups in total. The predicted molar refractivity (Wildman–Crippen MR) is 115 cm³/mol. The Morgan fingerprint density at radius 1 is 0.967 bits per heavy atom. The van der Waals surface area contributed by atoms with E-state index in [1.165, 1.54) is 5.56 Å². The Labute approximate surface area is 180 Å². The van der Waals surface area contributed by atoms with E-state index in [9.17, 15) is 4.79 Å². The van der Waals surface area contributed by atoms with Gasteiger partial charge in [0.05, 0.1) is 0 Å².